The summed E-state index contributed by atoms with van der Waals surface area (Å²) in [4.78, 5) is 23.8. The Labute approximate surface area is 180 Å². The number of carbonyl (C=O) groups excluding carboxylic acids is 2. The van der Waals surface area contributed by atoms with Crippen molar-refractivity contribution in [2.45, 2.75) is 20.3 Å². The monoisotopic (exact) mass is 422 g/mol. The molecular formula is C23H23ClN4O2. The van der Waals surface area contributed by atoms with Crippen molar-refractivity contribution < 1.29 is 9.59 Å². The van der Waals surface area contributed by atoms with Crippen LogP contribution in [0.5, 0.6) is 0 Å². The molecule has 0 saturated heterocycles. The molecule has 1 aromatic heterocycles. The first-order chi connectivity index (χ1) is 14.5. The van der Waals surface area contributed by atoms with Gasteiger partial charge in [-0.3, -0.25) is 9.59 Å². The fourth-order valence-electron chi connectivity index (χ4n) is 3.19. The SMILES string of the molecule is Cc1cc(/C=N\NC(=O)C(=O)NCCc2ccccc2)c(C)n1-c1cccc(Cl)c1. The number of amides is 2. The highest BCUT2D eigenvalue weighted by Crippen LogP contribution is 2.22. The van der Waals surface area contributed by atoms with Gasteiger partial charge in [-0.25, -0.2) is 5.43 Å². The third kappa shape index (κ3) is 5.36. The fourth-order valence-corrected chi connectivity index (χ4v) is 3.37. The Bertz CT molecular complexity index is 1070. The van der Waals surface area contributed by atoms with Crippen molar-refractivity contribution in [3.8, 4) is 5.69 Å². The predicted octanol–water partition coefficient (Wildman–Crippen LogP) is 3.56. The van der Waals surface area contributed by atoms with Crippen molar-refractivity contribution in [3.05, 3.63) is 88.2 Å². The van der Waals surface area contributed by atoms with Gasteiger partial charge in [-0.15, -0.1) is 0 Å². The average Bonchev–Trinajstić information content (AvgIpc) is 3.01. The molecule has 6 nitrogen and oxygen atoms in total. The van der Waals surface area contributed by atoms with E-state index in [1.807, 2.05) is 79.1 Å². The van der Waals surface area contributed by atoms with E-state index in [0.717, 1.165) is 28.2 Å². The summed E-state index contributed by atoms with van der Waals surface area (Å²) in [6.45, 7) is 4.30. The minimum Gasteiger partial charge on any atom is -0.347 e. The number of nitrogens with one attached hydrogen (secondary N) is 2. The molecule has 0 aliphatic heterocycles. The van der Waals surface area contributed by atoms with Crippen LogP contribution < -0.4 is 10.7 Å². The van der Waals surface area contributed by atoms with E-state index >= 15 is 0 Å². The summed E-state index contributed by atoms with van der Waals surface area (Å²) in [7, 11) is 0. The molecule has 2 N–H and O–H groups in total. The third-order valence-electron chi connectivity index (χ3n) is 4.65. The lowest BCUT2D eigenvalue weighted by atomic mass is 10.1. The van der Waals surface area contributed by atoms with Gasteiger partial charge in [0, 0.05) is 34.2 Å². The smallest absolute Gasteiger partial charge is 0.329 e. The number of rotatable bonds is 6. The van der Waals surface area contributed by atoms with Gasteiger partial charge in [0.2, 0.25) is 0 Å². The van der Waals surface area contributed by atoms with E-state index in [2.05, 4.69) is 15.8 Å². The third-order valence-corrected chi connectivity index (χ3v) is 4.89. The molecule has 0 bridgehead atoms. The zero-order chi connectivity index (χ0) is 21.5. The van der Waals surface area contributed by atoms with Gasteiger partial charge in [0.15, 0.2) is 0 Å². The number of hydrogen-bond donors (Lipinski definition) is 2. The van der Waals surface area contributed by atoms with Gasteiger partial charge in [-0.05, 0) is 50.1 Å². The Morgan fingerprint density at radius 3 is 2.53 bits per heavy atom. The molecule has 0 unspecified atom stereocenters. The van der Waals surface area contributed by atoms with Gasteiger partial charge < -0.3 is 9.88 Å². The zero-order valence-corrected chi connectivity index (χ0v) is 17.6. The van der Waals surface area contributed by atoms with Crippen LogP contribution in [0.25, 0.3) is 5.69 Å². The van der Waals surface area contributed by atoms with Crippen molar-refractivity contribution >= 4 is 29.6 Å². The van der Waals surface area contributed by atoms with E-state index in [0.29, 0.717) is 18.0 Å². The van der Waals surface area contributed by atoms with Gasteiger partial charge in [0.1, 0.15) is 0 Å². The van der Waals surface area contributed by atoms with Crippen LogP contribution in [0.4, 0.5) is 0 Å². The molecule has 0 spiro atoms. The molecule has 2 amide bonds. The molecule has 2 aromatic carbocycles. The van der Waals surface area contributed by atoms with Crippen molar-refractivity contribution in [2.75, 3.05) is 6.54 Å². The number of aryl methyl sites for hydroxylation is 1. The maximum Gasteiger partial charge on any atom is 0.329 e. The second-order valence-corrected chi connectivity index (χ2v) is 7.27. The minimum atomic E-state index is -0.803. The molecule has 0 fully saturated rings. The Morgan fingerprint density at radius 1 is 1.03 bits per heavy atom. The van der Waals surface area contributed by atoms with E-state index in [1.165, 1.54) is 6.21 Å². The number of nitrogens with zero attached hydrogens (tertiary/aromatic N) is 2. The highest BCUT2D eigenvalue weighted by molar-refractivity contribution is 6.35. The number of hydrogen-bond acceptors (Lipinski definition) is 3. The average molecular weight is 423 g/mol. The summed E-state index contributed by atoms with van der Waals surface area (Å²) in [5, 5.41) is 7.17. The molecule has 1 heterocycles. The molecule has 0 aliphatic rings. The molecule has 3 rings (SSSR count). The first kappa shape index (κ1) is 21.3. The van der Waals surface area contributed by atoms with E-state index in [1.54, 1.807) is 0 Å². The summed E-state index contributed by atoms with van der Waals surface area (Å²) >= 11 is 6.10. The summed E-state index contributed by atoms with van der Waals surface area (Å²) in [5.74, 6) is -1.52. The van der Waals surface area contributed by atoms with Crippen LogP contribution in [-0.2, 0) is 16.0 Å². The van der Waals surface area contributed by atoms with Gasteiger partial charge in [-0.2, -0.15) is 5.10 Å². The first-order valence-electron chi connectivity index (χ1n) is 9.56. The van der Waals surface area contributed by atoms with Gasteiger partial charge in [0.25, 0.3) is 0 Å². The Balaban J connectivity index is 1.56. The Kier molecular flexibility index (Phi) is 7.03. The first-order valence-corrected chi connectivity index (χ1v) is 9.93. The number of carbonyl (C=O) groups is 2. The lowest BCUT2D eigenvalue weighted by Crippen LogP contribution is -2.38. The minimum absolute atomic E-state index is 0.376. The second-order valence-electron chi connectivity index (χ2n) is 6.83. The highest BCUT2D eigenvalue weighted by atomic mass is 35.5. The Morgan fingerprint density at radius 2 is 1.80 bits per heavy atom. The lowest BCUT2D eigenvalue weighted by molar-refractivity contribution is -0.139. The van der Waals surface area contributed by atoms with Crippen LogP contribution in [0, 0.1) is 13.8 Å². The molecule has 30 heavy (non-hydrogen) atoms. The van der Waals surface area contributed by atoms with E-state index in [9.17, 15) is 9.59 Å². The maximum atomic E-state index is 11.9. The van der Waals surface area contributed by atoms with Crippen LogP contribution in [0.3, 0.4) is 0 Å². The van der Waals surface area contributed by atoms with Crippen LogP contribution >= 0.6 is 11.6 Å². The number of halogens is 1. The zero-order valence-electron chi connectivity index (χ0n) is 16.9. The van der Waals surface area contributed by atoms with Crippen molar-refractivity contribution in [1.29, 1.82) is 0 Å². The normalized spacial score (nSPS) is 10.9. The summed E-state index contributed by atoms with van der Waals surface area (Å²) < 4.78 is 2.05. The van der Waals surface area contributed by atoms with Crippen LogP contribution in [0.15, 0.2) is 65.8 Å². The molecule has 0 radical (unpaired) electrons. The molecule has 0 aliphatic carbocycles. The van der Waals surface area contributed by atoms with Crippen LogP contribution in [0.1, 0.15) is 22.5 Å². The van der Waals surface area contributed by atoms with Gasteiger partial charge in [0.05, 0.1) is 6.21 Å². The predicted molar refractivity (Wildman–Crippen MR) is 119 cm³/mol. The number of benzene rings is 2. The van der Waals surface area contributed by atoms with Crippen molar-refractivity contribution in [3.63, 3.8) is 0 Å². The van der Waals surface area contributed by atoms with Crippen LogP contribution in [0.2, 0.25) is 5.02 Å². The molecule has 154 valence electrons. The van der Waals surface area contributed by atoms with E-state index < -0.39 is 11.8 Å². The van der Waals surface area contributed by atoms with Crippen molar-refractivity contribution in [2.24, 2.45) is 5.10 Å². The van der Waals surface area contributed by atoms with Gasteiger partial charge >= 0.3 is 11.8 Å². The van der Waals surface area contributed by atoms with Gasteiger partial charge in [-0.1, -0.05) is 48.0 Å². The van der Waals surface area contributed by atoms with Crippen LogP contribution in [-0.4, -0.2) is 29.1 Å². The molecular weight excluding hydrogens is 400 g/mol. The van der Waals surface area contributed by atoms with E-state index in [-0.39, 0.29) is 0 Å². The maximum absolute atomic E-state index is 11.9. The Hall–Kier alpha value is -3.38. The quantitative estimate of drug-likeness (QED) is 0.362. The summed E-state index contributed by atoms with van der Waals surface area (Å²) in [5.41, 5.74) is 7.08. The molecule has 0 atom stereocenters. The number of aromatic nitrogens is 1. The summed E-state index contributed by atoms with van der Waals surface area (Å²) in [6, 6.07) is 19.2. The molecule has 0 saturated carbocycles. The summed E-state index contributed by atoms with van der Waals surface area (Å²) in [6.07, 6.45) is 2.18. The number of hydrazone groups is 1. The second kappa shape index (κ2) is 9.89. The lowest BCUT2D eigenvalue weighted by Gasteiger charge is -2.09. The topological polar surface area (TPSA) is 75.5 Å². The molecule has 7 heteroatoms. The largest absolute Gasteiger partial charge is 0.347 e. The van der Waals surface area contributed by atoms with Crippen molar-refractivity contribution in [1.82, 2.24) is 15.3 Å². The molecule has 3 aromatic rings. The standard InChI is InChI=1S/C23H23ClN4O2/c1-16-13-19(17(2)28(16)21-10-6-9-20(24)14-21)15-26-27-23(30)22(29)25-12-11-18-7-4-3-5-8-18/h3-10,13-15H,11-12H2,1-2H3,(H,25,29)(H,27,30)/b26-15-. The van der Waals surface area contributed by atoms with E-state index in [4.69, 9.17) is 11.6 Å². The highest BCUT2D eigenvalue weighted by Gasteiger charge is 2.13. The fraction of sp³-hybridized carbons (Fsp3) is 0.174.